The van der Waals surface area contributed by atoms with E-state index in [-0.39, 0.29) is 0 Å². The predicted molar refractivity (Wildman–Crippen MR) is 78.9 cm³/mol. The summed E-state index contributed by atoms with van der Waals surface area (Å²) in [5, 5.41) is 3.62. The molecule has 1 saturated carbocycles. The van der Waals surface area contributed by atoms with Crippen LogP contribution in [0.2, 0.25) is 0 Å². The largest absolute Gasteiger partial charge is 0.312 e. The van der Waals surface area contributed by atoms with Crippen molar-refractivity contribution in [3.05, 3.63) is 0 Å². The molecular formula is C16H32N2. The zero-order chi connectivity index (χ0) is 13.0. The summed E-state index contributed by atoms with van der Waals surface area (Å²) in [5.41, 5.74) is 0.335. The van der Waals surface area contributed by atoms with Gasteiger partial charge in [0.1, 0.15) is 0 Å². The highest BCUT2D eigenvalue weighted by Gasteiger charge is 2.29. The van der Waals surface area contributed by atoms with Crippen LogP contribution in [0.5, 0.6) is 0 Å². The molecule has 1 atom stereocenters. The highest BCUT2D eigenvalue weighted by Crippen LogP contribution is 2.27. The van der Waals surface area contributed by atoms with Crippen LogP contribution < -0.4 is 5.32 Å². The van der Waals surface area contributed by atoms with Gasteiger partial charge < -0.3 is 10.2 Å². The van der Waals surface area contributed by atoms with Crippen LogP contribution >= 0.6 is 0 Å². The molecule has 0 aromatic carbocycles. The predicted octanol–water partition coefficient (Wildman–Crippen LogP) is 3.42. The molecule has 0 radical (unpaired) electrons. The van der Waals surface area contributed by atoms with E-state index in [1.165, 1.54) is 64.5 Å². The topological polar surface area (TPSA) is 15.3 Å². The standard InChI is InChI=1S/C16H32N2/c1-16(2)13-15(9-11-17-16)18(3)12-10-14-7-5-4-6-8-14/h14-15,17H,4-13H2,1-3H3. The molecule has 0 amide bonds. The van der Waals surface area contributed by atoms with E-state index in [0.717, 1.165) is 12.0 Å². The second-order valence-electron chi connectivity index (χ2n) is 7.23. The van der Waals surface area contributed by atoms with E-state index < -0.39 is 0 Å². The van der Waals surface area contributed by atoms with Gasteiger partial charge in [-0.05, 0) is 59.2 Å². The highest BCUT2D eigenvalue weighted by molar-refractivity contribution is 4.90. The van der Waals surface area contributed by atoms with Gasteiger partial charge in [0.25, 0.3) is 0 Å². The lowest BCUT2D eigenvalue weighted by atomic mass is 9.86. The first kappa shape index (κ1) is 14.3. The Kier molecular flexibility index (Phi) is 5.08. The summed E-state index contributed by atoms with van der Waals surface area (Å²) in [7, 11) is 2.34. The lowest BCUT2D eigenvalue weighted by Gasteiger charge is -2.41. The lowest BCUT2D eigenvalue weighted by molar-refractivity contribution is 0.134. The van der Waals surface area contributed by atoms with Gasteiger partial charge in [-0.2, -0.15) is 0 Å². The van der Waals surface area contributed by atoms with Crippen molar-refractivity contribution in [3.8, 4) is 0 Å². The third-order valence-corrected chi connectivity index (χ3v) is 5.07. The molecule has 0 aromatic rings. The van der Waals surface area contributed by atoms with E-state index in [2.05, 4.69) is 31.1 Å². The summed E-state index contributed by atoms with van der Waals surface area (Å²) in [4.78, 5) is 2.64. The Morgan fingerprint density at radius 3 is 2.50 bits per heavy atom. The summed E-state index contributed by atoms with van der Waals surface area (Å²) in [6.45, 7) is 7.18. The molecule has 1 heterocycles. The third-order valence-electron chi connectivity index (χ3n) is 5.07. The molecule has 1 aliphatic carbocycles. The van der Waals surface area contributed by atoms with Gasteiger partial charge in [-0.1, -0.05) is 32.1 Å². The Labute approximate surface area is 114 Å². The molecule has 0 aromatic heterocycles. The maximum Gasteiger partial charge on any atom is 0.0140 e. The van der Waals surface area contributed by atoms with E-state index in [4.69, 9.17) is 0 Å². The Bertz CT molecular complexity index is 243. The van der Waals surface area contributed by atoms with E-state index in [9.17, 15) is 0 Å². The molecule has 2 rings (SSSR count). The van der Waals surface area contributed by atoms with Crippen molar-refractivity contribution < 1.29 is 0 Å². The summed E-state index contributed by atoms with van der Waals surface area (Å²) >= 11 is 0. The average Bonchev–Trinajstić information content (AvgIpc) is 2.36. The van der Waals surface area contributed by atoms with E-state index in [1.807, 2.05) is 0 Å². The summed E-state index contributed by atoms with van der Waals surface area (Å²) in [6, 6.07) is 0.796. The maximum absolute atomic E-state index is 3.62. The number of piperidine rings is 1. The number of nitrogens with one attached hydrogen (secondary N) is 1. The van der Waals surface area contributed by atoms with Crippen LogP contribution in [-0.2, 0) is 0 Å². The minimum absolute atomic E-state index is 0.335. The Balaban J connectivity index is 1.71. The molecule has 2 aliphatic rings. The molecule has 1 saturated heterocycles. The van der Waals surface area contributed by atoms with Crippen molar-refractivity contribution in [2.24, 2.45) is 5.92 Å². The molecule has 2 nitrogen and oxygen atoms in total. The van der Waals surface area contributed by atoms with Crippen molar-refractivity contribution in [1.82, 2.24) is 10.2 Å². The molecule has 106 valence electrons. The van der Waals surface area contributed by atoms with Gasteiger partial charge in [0.15, 0.2) is 0 Å². The van der Waals surface area contributed by atoms with Gasteiger partial charge in [-0.3, -0.25) is 0 Å². The monoisotopic (exact) mass is 252 g/mol. The first-order chi connectivity index (χ1) is 8.57. The van der Waals surface area contributed by atoms with Crippen LogP contribution in [0, 0.1) is 5.92 Å². The second kappa shape index (κ2) is 6.38. The smallest absolute Gasteiger partial charge is 0.0140 e. The van der Waals surface area contributed by atoms with Crippen LogP contribution in [-0.4, -0.2) is 36.6 Å². The first-order valence-electron chi connectivity index (χ1n) is 8.02. The number of nitrogens with zero attached hydrogens (tertiary/aromatic N) is 1. The minimum Gasteiger partial charge on any atom is -0.312 e. The molecule has 2 heteroatoms. The van der Waals surface area contributed by atoms with Gasteiger partial charge in [-0.25, -0.2) is 0 Å². The summed E-state index contributed by atoms with van der Waals surface area (Å²) in [5.74, 6) is 1.02. The van der Waals surface area contributed by atoms with Crippen molar-refractivity contribution in [2.45, 2.75) is 76.8 Å². The number of rotatable bonds is 4. The van der Waals surface area contributed by atoms with Crippen LogP contribution in [0.4, 0.5) is 0 Å². The number of hydrogen-bond donors (Lipinski definition) is 1. The number of hydrogen-bond acceptors (Lipinski definition) is 2. The minimum atomic E-state index is 0.335. The van der Waals surface area contributed by atoms with E-state index in [1.54, 1.807) is 0 Å². The van der Waals surface area contributed by atoms with Gasteiger partial charge in [-0.15, -0.1) is 0 Å². The van der Waals surface area contributed by atoms with E-state index >= 15 is 0 Å². The molecule has 1 unspecified atom stereocenters. The molecule has 1 aliphatic heterocycles. The molecule has 0 spiro atoms. The van der Waals surface area contributed by atoms with Crippen molar-refractivity contribution in [2.75, 3.05) is 20.1 Å². The van der Waals surface area contributed by atoms with Crippen molar-refractivity contribution in [3.63, 3.8) is 0 Å². The van der Waals surface area contributed by atoms with Gasteiger partial charge in [0, 0.05) is 11.6 Å². The fourth-order valence-electron chi connectivity index (χ4n) is 3.76. The highest BCUT2D eigenvalue weighted by atomic mass is 15.1. The molecule has 2 fully saturated rings. The van der Waals surface area contributed by atoms with Gasteiger partial charge in [0.2, 0.25) is 0 Å². The SMILES string of the molecule is CN(CCC1CCCCC1)C1CCNC(C)(C)C1. The molecular weight excluding hydrogens is 220 g/mol. The van der Waals surface area contributed by atoms with Gasteiger partial charge >= 0.3 is 0 Å². The molecule has 0 bridgehead atoms. The Morgan fingerprint density at radius 2 is 1.83 bits per heavy atom. The fourth-order valence-corrected chi connectivity index (χ4v) is 3.76. The second-order valence-corrected chi connectivity index (χ2v) is 7.23. The Hall–Kier alpha value is -0.0800. The molecule has 1 N–H and O–H groups in total. The molecule has 18 heavy (non-hydrogen) atoms. The van der Waals surface area contributed by atoms with Crippen molar-refractivity contribution >= 4 is 0 Å². The average molecular weight is 252 g/mol. The fraction of sp³-hybridized carbons (Fsp3) is 1.00. The summed E-state index contributed by atoms with van der Waals surface area (Å²) < 4.78 is 0. The van der Waals surface area contributed by atoms with Crippen LogP contribution in [0.1, 0.15) is 65.2 Å². The van der Waals surface area contributed by atoms with Crippen LogP contribution in [0.15, 0.2) is 0 Å². The van der Waals surface area contributed by atoms with Crippen molar-refractivity contribution in [1.29, 1.82) is 0 Å². The normalized spacial score (nSPS) is 29.7. The maximum atomic E-state index is 3.62. The zero-order valence-electron chi connectivity index (χ0n) is 12.7. The lowest BCUT2D eigenvalue weighted by Crippen LogP contribution is -2.52. The third kappa shape index (κ3) is 4.24. The zero-order valence-corrected chi connectivity index (χ0v) is 12.7. The van der Waals surface area contributed by atoms with Crippen LogP contribution in [0.25, 0.3) is 0 Å². The Morgan fingerprint density at radius 1 is 1.11 bits per heavy atom. The quantitative estimate of drug-likeness (QED) is 0.825. The first-order valence-corrected chi connectivity index (χ1v) is 8.02. The van der Waals surface area contributed by atoms with Crippen LogP contribution in [0.3, 0.4) is 0 Å². The van der Waals surface area contributed by atoms with Gasteiger partial charge in [0.05, 0.1) is 0 Å². The summed E-state index contributed by atoms with van der Waals surface area (Å²) in [6.07, 6.45) is 11.5. The van der Waals surface area contributed by atoms with E-state index in [0.29, 0.717) is 5.54 Å².